The van der Waals surface area contributed by atoms with Crippen molar-refractivity contribution < 1.29 is 4.79 Å². The molecule has 1 aliphatic rings. The Hall–Kier alpha value is -2.45. The van der Waals surface area contributed by atoms with Gasteiger partial charge in [-0.3, -0.25) is 19.4 Å². The van der Waals surface area contributed by atoms with Gasteiger partial charge in [0.1, 0.15) is 5.82 Å². The first kappa shape index (κ1) is 21.8. The van der Waals surface area contributed by atoms with Gasteiger partial charge in [0.25, 0.3) is 5.56 Å². The van der Waals surface area contributed by atoms with Gasteiger partial charge in [0, 0.05) is 31.2 Å². The Bertz CT molecular complexity index is 1160. The number of amides is 1. The number of para-hydroxylation sites is 1. The molecule has 1 aromatic heterocycles. The summed E-state index contributed by atoms with van der Waals surface area (Å²) in [4.78, 5) is 36.8. The summed E-state index contributed by atoms with van der Waals surface area (Å²) < 4.78 is 0. The molecule has 0 saturated carbocycles. The third-order valence-corrected chi connectivity index (χ3v) is 6.11. The lowest BCUT2D eigenvalue weighted by atomic mass is 10.2. The van der Waals surface area contributed by atoms with Crippen molar-refractivity contribution in [3.63, 3.8) is 0 Å². The number of benzene rings is 2. The van der Waals surface area contributed by atoms with Crippen molar-refractivity contribution >= 4 is 45.7 Å². The number of hydrogen-bond acceptors (Lipinski definition) is 5. The molecular weight excluding hydrogens is 437 g/mol. The summed E-state index contributed by atoms with van der Waals surface area (Å²) in [6, 6.07) is 12.0. The van der Waals surface area contributed by atoms with Crippen LogP contribution in [0.25, 0.3) is 10.9 Å². The van der Waals surface area contributed by atoms with Crippen LogP contribution in [0, 0.1) is 0 Å². The third kappa shape index (κ3) is 5.07. The number of aromatic nitrogens is 2. The van der Waals surface area contributed by atoms with Crippen LogP contribution in [-0.4, -0.2) is 57.9 Å². The van der Waals surface area contributed by atoms with E-state index in [4.69, 9.17) is 23.2 Å². The summed E-state index contributed by atoms with van der Waals surface area (Å²) in [6.45, 7) is 5.47. The Labute approximate surface area is 190 Å². The van der Waals surface area contributed by atoms with Gasteiger partial charge in [-0.05, 0) is 37.3 Å². The lowest BCUT2D eigenvalue weighted by molar-refractivity contribution is -0.121. The zero-order valence-electron chi connectivity index (χ0n) is 17.1. The predicted octanol–water partition coefficient (Wildman–Crippen LogP) is 3.37. The van der Waals surface area contributed by atoms with Gasteiger partial charge in [-0.25, -0.2) is 4.98 Å². The van der Waals surface area contributed by atoms with Crippen LogP contribution in [0.4, 0.5) is 5.69 Å². The number of fused-ring (bicyclic) bond motifs is 1. The number of anilines is 1. The van der Waals surface area contributed by atoms with Crippen LogP contribution in [0.5, 0.6) is 0 Å². The molecule has 2 aromatic carbocycles. The minimum Gasteiger partial charge on any atom is -0.323 e. The molecule has 0 unspecified atom stereocenters. The Kier molecular flexibility index (Phi) is 6.57. The van der Waals surface area contributed by atoms with E-state index in [0.29, 0.717) is 39.0 Å². The largest absolute Gasteiger partial charge is 0.323 e. The number of nitrogens with one attached hydrogen (secondary N) is 2. The van der Waals surface area contributed by atoms with E-state index in [-0.39, 0.29) is 17.5 Å². The predicted molar refractivity (Wildman–Crippen MR) is 124 cm³/mol. The lowest BCUT2D eigenvalue weighted by Gasteiger charge is -2.37. The lowest BCUT2D eigenvalue weighted by Crippen LogP contribution is -2.52. The number of carbonyl (C=O) groups excluding carboxylic acids is 1. The van der Waals surface area contributed by atoms with Gasteiger partial charge < -0.3 is 10.3 Å². The summed E-state index contributed by atoms with van der Waals surface area (Å²) in [5.41, 5.74) is 1.13. The van der Waals surface area contributed by atoms with E-state index in [1.165, 1.54) is 0 Å². The Morgan fingerprint density at radius 3 is 2.65 bits per heavy atom. The molecule has 31 heavy (non-hydrogen) atoms. The molecule has 7 nitrogen and oxygen atoms in total. The molecule has 1 aliphatic heterocycles. The van der Waals surface area contributed by atoms with E-state index in [9.17, 15) is 9.59 Å². The van der Waals surface area contributed by atoms with Crippen LogP contribution in [0.3, 0.4) is 0 Å². The fourth-order valence-electron chi connectivity index (χ4n) is 3.72. The second-order valence-corrected chi connectivity index (χ2v) is 8.47. The van der Waals surface area contributed by atoms with Crippen molar-refractivity contribution in [3.8, 4) is 0 Å². The third-order valence-electron chi connectivity index (χ3n) is 5.56. The molecule has 0 spiro atoms. The molecule has 0 radical (unpaired) electrons. The average Bonchev–Trinajstić information content (AvgIpc) is 2.76. The van der Waals surface area contributed by atoms with E-state index in [1.54, 1.807) is 24.3 Å². The molecule has 1 saturated heterocycles. The Morgan fingerprint density at radius 2 is 1.90 bits per heavy atom. The fraction of sp³-hybridized carbons (Fsp3) is 0.318. The van der Waals surface area contributed by atoms with E-state index in [1.807, 2.05) is 25.1 Å². The monoisotopic (exact) mass is 459 g/mol. The number of H-pyrrole nitrogens is 1. The van der Waals surface area contributed by atoms with Crippen LogP contribution >= 0.6 is 23.2 Å². The van der Waals surface area contributed by atoms with Crippen molar-refractivity contribution in [2.45, 2.75) is 19.5 Å². The first-order chi connectivity index (χ1) is 14.9. The second kappa shape index (κ2) is 9.36. The number of nitrogens with zero attached hydrogens (tertiary/aromatic N) is 3. The van der Waals surface area contributed by atoms with E-state index >= 15 is 0 Å². The molecule has 1 atom stereocenters. The minimum atomic E-state index is -0.299. The highest BCUT2D eigenvalue weighted by Crippen LogP contribution is 2.25. The van der Waals surface area contributed by atoms with Crippen molar-refractivity contribution in [2.24, 2.45) is 0 Å². The molecule has 9 heteroatoms. The van der Waals surface area contributed by atoms with Gasteiger partial charge in [0.15, 0.2) is 0 Å². The van der Waals surface area contributed by atoms with Gasteiger partial charge >= 0.3 is 0 Å². The van der Waals surface area contributed by atoms with Crippen LogP contribution in [-0.2, 0) is 11.3 Å². The van der Waals surface area contributed by atoms with Gasteiger partial charge in [-0.2, -0.15) is 0 Å². The highest BCUT2D eigenvalue weighted by atomic mass is 35.5. The molecule has 162 valence electrons. The quantitative estimate of drug-likeness (QED) is 0.610. The summed E-state index contributed by atoms with van der Waals surface area (Å²) in [5.74, 6) is 0.540. The summed E-state index contributed by atoms with van der Waals surface area (Å²) in [6.07, 6.45) is 0. The summed E-state index contributed by atoms with van der Waals surface area (Å²) in [5, 5.41) is 4.40. The van der Waals surface area contributed by atoms with Gasteiger partial charge in [-0.1, -0.05) is 35.3 Å². The number of piperazine rings is 1. The van der Waals surface area contributed by atoms with Crippen molar-refractivity contribution in [1.82, 2.24) is 19.8 Å². The van der Waals surface area contributed by atoms with E-state index < -0.39 is 0 Å². The molecular formula is C22H23Cl2N5O2. The van der Waals surface area contributed by atoms with Crippen molar-refractivity contribution in [2.75, 3.05) is 31.5 Å². The maximum absolute atomic E-state index is 12.7. The number of carbonyl (C=O) groups is 1. The molecule has 2 heterocycles. The fourth-order valence-corrected chi connectivity index (χ4v) is 4.18. The number of aromatic amines is 1. The molecule has 2 N–H and O–H groups in total. The number of halogens is 2. The molecule has 4 rings (SSSR count). The Morgan fingerprint density at radius 1 is 1.16 bits per heavy atom. The maximum Gasteiger partial charge on any atom is 0.258 e. The zero-order chi connectivity index (χ0) is 22.0. The van der Waals surface area contributed by atoms with Crippen molar-refractivity contribution in [1.29, 1.82) is 0 Å². The van der Waals surface area contributed by atoms with Crippen LogP contribution in [0.2, 0.25) is 10.0 Å². The summed E-state index contributed by atoms with van der Waals surface area (Å²) >= 11 is 12.1. The molecule has 1 fully saturated rings. The number of hydrogen-bond donors (Lipinski definition) is 2. The highest BCUT2D eigenvalue weighted by molar-refractivity contribution is 6.36. The second-order valence-electron chi connectivity index (χ2n) is 7.63. The maximum atomic E-state index is 12.7. The molecule has 1 amide bonds. The van der Waals surface area contributed by atoms with E-state index in [2.05, 4.69) is 25.1 Å². The first-order valence-electron chi connectivity index (χ1n) is 10.1. The smallest absolute Gasteiger partial charge is 0.258 e. The van der Waals surface area contributed by atoms with Crippen molar-refractivity contribution in [3.05, 3.63) is 68.7 Å². The summed E-state index contributed by atoms with van der Waals surface area (Å²) in [7, 11) is 0. The van der Waals surface area contributed by atoms with Gasteiger partial charge in [-0.15, -0.1) is 0 Å². The first-order valence-corrected chi connectivity index (χ1v) is 10.9. The van der Waals surface area contributed by atoms with Crippen LogP contribution < -0.4 is 10.9 Å². The zero-order valence-corrected chi connectivity index (χ0v) is 18.6. The highest BCUT2D eigenvalue weighted by Gasteiger charge is 2.26. The van der Waals surface area contributed by atoms with E-state index in [0.717, 1.165) is 26.2 Å². The Balaban J connectivity index is 1.34. The standard InChI is InChI=1S/C22H23Cl2N5O2/c1-14(21(30)26-19-7-6-15(23)12-17(19)24)29-10-8-28(9-11-29)13-20-25-18-5-3-2-4-16(18)22(31)27-20/h2-7,12,14H,8-11,13H2,1H3,(H,26,30)(H,25,27,31)/t14-/m1/s1. The normalized spacial score (nSPS) is 16.4. The molecule has 3 aromatic rings. The van der Waals surface area contributed by atoms with Gasteiger partial charge in [0.05, 0.1) is 34.2 Å². The topological polar surface area (TPSA) is 81.3 Å². The minimum absolute atomic E-state index is 0.113. The van der Waals surface area contributed by atoms with Crippen LogP contribution in [0.15, 0.2) is 47.3 Å². The van der Waals surface area contributed by atoms with Gasteiger partial charge in [0.2, 0.25) is 5.91 Å². The SMILES string of the molecule is C[C@H](C(=O)Nc1ccc(Cl)cc1Cl)N1CCN(Cc2nc3ccccc3c(=O)[nH]2)CC1. The molecule has 0 bridgehead atoms. The molecule has 0 aliphatic carbocycles. The number of rotatable bonds is 5. The average molecular weight is 460 g/mol. The van der Waals surface area contributed by atoms with Crippen LogP contribution in [0.1, 0.15) is 12.7 Å².